The SMILES string of the molecule is COc1cccc(-c2nc(C3(C(=O)Nc4ccc(C(=O)NO)cc4)CCCC3)cs2)c1. The van der Waals surface area contributed by atoms with Gasteiger partial charge in [-0.2, -0.15) is 0 Å². The number of anilines is 1. The molecule has 1 aliphatic carbocycles. The fourth-order valence-corrected chi connectivity index (χ4v) is 4.90. The van der Waals surface area contributed by atoms with Gasteiger partial charge in [0, 0.05) is 22.2 Å². The molecule has 1 aromatic heterocycles. The molecule has 4 rings (SSSR count). The second-order valence-corrected chi connectivity index (χ2v) is 8.39. The van der Waals surface area contributed by atoms with Gasteiger partial charge in [0.2, 0.25) is 5.91 Å². The van der Waals surface area contributed by atoms with Gasteiger partial charge < -0.3 is 10.1 Å². The third-order valence-electron chi connectivity index (χ3n) is 5.71. The van der Waals surface area contributed by atoms with Crippen molar-refractivity contribution in [1.82, 2.24) is 10.5 Å². The lowest BCUT2D eigenvalue weighted by Gasteiger charge is -2.26. The summed E-state index contributed by atoms with van der Waals surface area (Å²) in [6, 6.07) is 14.1. The number of ether oxygens (including phenoxy) is 1. The zero-order chi connectivity index (χ0) is 21.8. The van der Waals surface area contributed by atoms with Gasteiger partial charge in [0.05, 0.1) is 18.2 Å². The predicted molar refractivity (Wildman–Crippen MR) is 119 cm³/mol. The van der Waals surface area contributed by atoms with Gasteiger partial charge in [-0.3, -0.25) is 14.8 Å². The number of benzene rings is 2. The largest absolute Gasteiger partial charge is 0.497 e. The first-order valence-corrected chi connectivity index (χ1v) is 10.9. The number of aromatic nitrogens is 1. The van der Waals surface area contributed by atoms with Crippen LogP contribution in [0.25, 0.3) is 10.6 Å². The number of rotatable bonds is 6. The highest BCUT2D eigenvalue weighted by Crippen LogP contribution is 2.43. The van der Waals surface area contributed by atoms with Gasteiger partial charge in [0.15, 0.2) is 0 Å². The zero-order valence-corrected chi connectivity index (χ0v) is 17.9. The van der Waals surface area contributed by atoms with Crippen LogP contribution < -0.4 is 15.5 Å². The van der Waals surface area contributed by atoms with E-state index in [9.17, 15) is 9.59 Å². The van der Waals surface area contributed by atoms with Crippen LogP contribution in [0, 0.1) is 0 Å². The summed E-state index contributed by atoms with van der Waals surface area (Å²) in [6.45, 7) is 0. The molecule has 1 heterocycles. The Morgan fingerprint density at radius 2 is 1.87 bits per heavy atom. The Morgan fingerprint density at radius 1 is 1.13 bits per heavy atom. The van der Waals surface area contributed by atoms with E-state index in [1.165, 1.54) is 11.3 Å². The van der Waals surface area contributed by atoms with Crippen LogP contribution in [-0.2, 0) is 10.2 Å². The highest BCUT2D eigenvalue weighted by molar-refractivity contribution is 7.13. The van der Waals surface area contributed by atoms with Crippen molar-refractivity contribution < 1.29 is 19.5 Å². The normalized spacial score (nSPS) is 14.8. The average Bonchev–Trinajstić information content (AvgIpc) is 3.50. The Labute approximate surface area is 184 Å². The number of nitrogens with one attached hydrogen (secondary N) is 2. The second kappa shape index (κ2) is 8.87. The van der Waals surface area contributed by atoms with Crippen molar-refractivity contribution in [3.8, 4) is 16.3 Å². The second-order valence-electron chi connectivity index (χ2n) is 7.53. The maximum atomic E-state index is 13.4. The first-order valence-electron chi connectivity index (χ1n) is 10.0. The lowest BCUT2D eigenvalue weighted by molar-refractivity contribution is -0.121. The van der Waals surface area contributed by atoms with Crippen molar-refractivity contribution in [3.05, 3.63) is 65.2 Å². The summed E-state index contributed by atoms with van der Waals surface area (Å²) < 4.78 is 5.31. The number of methoxy groups -OCH3 is 1. The zero-order valence-electron chi connectivity index (χ0n) is 17.1. The summed E-state index contributed by atoms with van der Waals surface area (Å²) in [6.07, 6.45) is 3.42. The molecule has 1 aliphatic rings. The Kier molecular flexibility index (Phi) is 6.01. The number of nitrogens with zero attached hydrogens (tertiary/aromatic N) is 1. The van der Waals surface area contributed by atoms with Crippen LogP contribution in [-0.4, -0.2) is 29.1 Å². The Bertz CT molecular complexity index is 1090. The standard InChI is InChI=1S/C23H23N3O4S/c1-30-18-6-4-5-16(13-18)21-25-19(14-31-21)23(11-2-3-12-23)22(28)24-17-9-7-15(8-10-17)20(27)26-29/h4-10,13-14,29H,2-3,11-12H2,1H3,(H,24,28)(H,26,27). The summed E-state index contributed by atoms with van der Waals surface area (Å²) in [5, 5.41) is 14.6. The van der Waals surface area contributed by atoms with Crippen LogP contribution >= 0.6 is 11.3 Å². The Balaban J connectivity index is 1.58. The molecule has 2 amide bonds. The molecule has 7 nitrogen and oxygen atoms in total. The van der Waals surface area contributed by atoms with Crippen molar-refractivity contribution in [3.63, 3.8) is 0 Å². The molecule has 0 atom stereocenters. The van der Waals surface area contributed by atoms with Crippen molar-refractivity contribution in [2.24, 2.45) is 0 Å². The van der Waals surface area contributed by atoms with Gasteiger partial charge in [0.1, 0.15) is 10.8 Å². The molecule has 0 spiro atoms. The summed E-state index contributed by atoms with van der Waals surface area (Å²) in [7, 11) is 1.63. The van der Waals surface area contributed by atoms with E-state index in [1.807, 2.05) is 29.6 Å². The smallest absolute Gasteiger partial charge is 0.274 e. The summed E-state index contributed by atoms with van der Waals surface area (Å²) >= 11 is 1.52. The van der Waals surface area contributed by atoms with E-state index in [-0.39, 0.29) is 5.91 Å². The van der Waals surface area contributed by atoms with Crippen molar-refractivity contribution in [2.45, 2.75) is 31.1 Å². The van der Waals surface area contributed by atoms with E-state index < -0.39 is 11.3 Å². The number of thiazole rings is 1. The molecule has 160 valence electrons. The van der Waals surface area contributed by atoms with Gasteiger partial charge in [-0.1, -0.05) is 25.0 Å². The van der Waals surface area contributed by atoms with Gasteiger partial charge in [-0.25, -0.2) is 10.5 Å². The molecule has 31 heavy (non-hydrogen) atoms. The quantitative estimate of drug-likeness (QED) is 0.392. The van der Waals surface area contributed by atoms with Crippen LogP contribution in [0.5, 0.6) is 5.75 Å². The topological polar surface area (TPSA) is 101 Å². The summed E-state index contributed by atoms with van der Waals surface area (Å²) in [4.78, 5) is 29.7. The third kappa shape index (κ3) is 4.17. The molecule has 0 bridgehead atoms. The number of hydrogen-bond donors (Lipinski definition) is 3. The monoisotopic (exact) mass is 437 g/mol. The number of carbonyl (C=O) groups is 2. The molecule has 0 unspecified atom stereocenters. The number of carbonyl (C=O) groups excluding carboxylic acids is 2. The third-order valence-corrected chi connectivity index (χ3v) is 6.60. The van der Waals surface area contributed by atoms with Gasteiger partial charge >= 0.3 is 0 Å². The first kappa shape index (κ1) is 21.0. The molecule has 3 N–H and O–H groups in total. The fourth-order valence-electron chi connectivity index (χ4n) is 3.98. The highest BCUT2D eigenvalue weighted by atomic mass is 32.1. The van der Waals surface area contributed by atoms with Gasteiger partial charge in [-0.05, 0) is 49.2 Å². The van der Waals surface area contributed by atoms with E-state index in [1.54, 1.807) is 36.9 Å². The van der Waals surface area contributed by atoms with Crippen molar-refractivity contribution in [1.29, 1.82) is 0 Å². The van der Waals surface area contributed by atoms with E-state index in [4.69, 9.17) is 14.9 Å². The van der Waals surface area contributed by atoms with Gasteiger partial charge in [-0.15, -0.1) is 11.3 Å². The van der Waals surface area contributed by atoms with Crippen LogP contribution in [0.1, 0.15) is 41.7 Å². The van der Waals surface area contributed by atoms with E-state index in [0.29, 0.717) is 11.3 Å². The minimum atomic E-state index is -0.672. The first-order chi connectivity index (χ1) is 15.1. The van der Waals surface area contributed by atoms with E-state index >= 15 is 0 Å². The Hall–Kier alpha value is -3.23. The maximum Gasteiger partial charge on any atom is 0.274 e. The maximum absolute atomic E-state index is 13.4. The van der Waals surface area contributed by atoms with E-state index in [0.717, 1.165) is 47.7 Å². The molecule has 2 aromatic carbocycles. The van der Waals surface area contributed by atoms with Crippen LogP contribution in [0.2, 0.25) is 0 Å². The molecule has 8 heteroatoms. The van der Waals surface area contributed by atoms with Crippen LogP contribution in [0.4, 0.5) is 5.69 Å². The lowest BCUT2D eigenvalue weighted by atomic mass is 9.82. The summed E-state index contributed by atoms with van der Waals surface area (Å²) in [5.74, 6) is 0.0745. The van der Waals surface area contributed by atoms with Gasteiger partial charge in [0.25, 0.3) is 5.91 Å². The highest BCUT2D eigenvalue weighted by Gasteiger charge is 2.44. The molecule has 1 saturated carbocycles. The van der Waals surface area contributed by atoms with Crippen LogP contribution in [0.15, 0.2) is 53.9 Å². The predicted octanol–water partition coefficient (Wildman–Crippen LogP) is 4.39. The molecular weight excluding hydrogens is 414 g/mol. The average molecular weight is 438 g/mol. The number of hydrogen-bond acceptors (Lipinski definition) is 6. The minimum Gasteiger partial charge on any atom is -0.497 e. The van der Waals surface area contributed by atoms with Crippen molar-refractivity contribution >= 4 is 28.8 Å². The molecule has 0 radical (unpaired) electrons. The van der Waals surface area contributed by atoms with Crippen LogP contribution in [0.3, 0.4) is 0 Å². The molecule has 3 aromatic rings. The molecule has 0 aliphatic heterocycles. The molecule has 1 fully saturated rings. The number of hydroxylamine groups is 1. The molecular formula is C23H23N3O4S. The lowest BCUT2D eigenvalue weighted by Crippen LogP contribution is -2.38. The summed E-state index contributed by atoms with van der Waals surface area (Å²) in [5.41, 5.74) is 3.57. The fraction of sp³-hybridized carbons (Fsp3) is 0.261. The van der Waals surface area contributed by atoms with E-state index in [2.05, 4.69) is 5.32 Å². The van der Waals surface area contributed by atoms with Crippen molar-refractivity contribution in [2.75, 3.05) is 12.4 Å². The number of amides is 2. The Morgan fingerprint density at radius 3 is 2.55 bits per heavy atom. The molecule has 0 saturated heterocycles. The minimum absolute atomic E-state index is 0.0909.